The standard InChI is InChI=1S/C29H31NO5/c1-18-25(28(33)34-15-14-20-8-6-5-7-9-20)26(21-10-12-22(13-11-21)35-19(2)31)27-23(30-18)16-29(3,4)17-24(27)32/h5-13,26,30H,14-17H2,1-4H3. The van der Waals surface area contributed by atoms with Crippen molar-refractivity contribution in [3.63, 3.8) is 0 Å². The zero-order chi connectivity index (χ0) is 25.2. The molecule has 1 aliphatic carbocycles. The highest BCUT2D eigenvalue weighted by Crippen LogP contribution is 2.47. The molecule has 0 fully saturated rings. The van der Waals surface area contributed by atoms with Crippen molar-refractivity contribution in [1.29, 1.82) is 0 Å². The van der Waals surface area contributed by atoms with Gasteiger partial charge in [-0.1, -0.05) is 56.3 Å². The van der Waals surface area contributed by atoms with Gasteiger partial charge >= 0.3 is 11.9 Å². The predicted molar refractivity (Wildman–Crippen MR) is 132 cm³/mol. The van der Waals surface area contributed by atoms with Crippen molar-refractivity contribution in [2.75, 3.05) is 6.61 Å². The van der Waals surface area contributed by atoms with E-state index in [1.807, 2.05) is 37.3 Å². The minimum absolute atomic E-state index is 0.0277. The number of rotatable bonds is 6. The molecule has 1 heterocycles. The fourth-order valence-corrected chi connectivity index (χ4v) is 4.92. The van der Waals surface area contributed by atoms with E-state index in [9.17, 15) is 14.4 Å². The molecule has 0 aromatic heterocycles. The Morgan fingerprint density at radius 2 is 1.71 bits per heavy atom. The Bertz CT molecular complexity index is 1210. The quantitative estimate of drug-likeness (QED) is 0.470. The maximum atomic E-state index is 13.4. The Balaban J connectivity index is 1.66. The van der Waals surface area contributed by atoms with Crippen molar-refractivity contribution < 1.29 is 23.9 Å². The maximum absolute atomic E-state index is 13.4. The molecular weight excluding hydrogens is 442 g/mol. The van der Waals surface area contributed by atoms with E-state index in [0.29, 0.717) is 41.9 Å². The first-order valence-electron chi connectivity index (χ1n) is 11.9. The van der Waals surface area contributed by atoms with Gasteiger partial charge in [-0.3, -0.25) is 9.59 Å². The molecule has 2 aliphatic rings. The van der Waals surface area contributed by atoms with Crippen LogP contribution in [0.5, 0.6) is 5.75 Å². The summed E-state index contributed by atoms with van der Waals surface area (Å²) in [5, 5.41) is 3.35. The second kappa shape index (κ2) is 9.90. The number of Topliss-reactive ketones (excluding diaryl/α,β-unsaturated/α-hetero) is 1. The molecule has 0 radical (unpaired) electrons. The second-order valence-corrected chi connectivity index (χ2v) is 9.96. The molecule has 0 spiro atoms. The molecule has 0 amide bonds. The Morgan fingerprint density at radius 3 is 2.37 bits per heavy atom. The van der Waals surface area contributed by atoms with Gasteiger partial charge in [0.25, 0.3) is 0 Å². The minimum Gasteiger partial charge on any atom is -0.462 e. The fourth-order valence-electron chi connectivity index (χ4n) is 4.92. The van der Waals surface area contributed by atoms with Crippen molar-refractivity contribution in [2.24, 2.45) is 5.41 Å². The van der Waals surface area contributed by atoms with Crippen molar-refractivity contribution in [2.45, 2.75) is 52.9 Å². The lowest BCUT2D eigenvalue weighted by Gasteiger charge is -2.39. The van der Waals surface area contributed by atoms with Crippen LogP contribution in [-0.2, 0) is 25.5 Å². The number of ether oxygens (including phenoxy) is 2. The van der Waals surface area contributed by atoms with Gasteiger partial charge in [0, 0.05) is 42.7 Å². The number of nitrogens with one attached hydrogen (secondary N) is 1. The highest BCUT2D eigenvalue weighted by atomic mass is 16.5. The summed E-state index contributed by atoms with van der Waals surface area (Å²) >= 11 is 0. The number of hydrogen-bond acceptors (Lipinski definition) is 6. The summed E-state index contributed by atoms with van der Waals surface area (Å²) in [5.41, 5.74) is 4.29. The van der Waals surface area contributed by atoms with E-state index in [4.69, 9.17) is 9.47 Å². The van der Waals surface area contributed by atoms with Gasteiger partial charge in [0.05, 0.1) is 12.2 Å². The molecule has 0 bridgehead atoms. The average molecular weight is 474 g/mol. The van der Waals surface area contributed by atoms with E-state index in [-0.39, 0.29) is 17.8 Å². The minimum atomic E-state index is -0.551. The first-order chi connectivity index (χ1) is 16.6. The van der Waals surface area contributed by atoms with Gasteiger partial charge in [-0.05, 0) is 42.0 Å². The summed E-state index contributed by atoms with van der Waals surface area (Å²) in [6.45, 7) is 7.59. The van der Waals surface area contributed by atoms with Gasteiger partial charge in [-0.25, -0.2) is 4.79 Å². The zero-order valence-corrected chi connectivity index (χ0v) is 20.6. The molecule has 1 unspecified atom stereocenters. The summed E-state index contributed by atoms with van der Waals surface area (Å²) in [4.78, 5) is 38.1. The molecule has 2 aromatic rings. The number of carbonyl (C=O) groups is 3. The number of dihydropyridines is 1. The van der Waals surface area contributed by atoms with Gasteiger partial charge in [-0.15, -0.1) is 0 Å². The van der Waals surface area contributed by atoms with Gasteiger partial charge in [0.2, 0.25) is 0 Å². The van der Waals surface area contributed by atoms with Crippen molar-refractivity contribution in [3.05, 3.63) is 88.3 Å². The predicted octanol–water partition coefficient (Wildman–Crippen LogP) is 5.00. The van der Waals surface area contributed by atoms with Crippen molar-refractivity contribution >= 4 is 17.7 Å². The summed E-state index contributed by atoms with van der Waals surface area (Å²) in [5.74, 6) is -0.963. The van der Waals surface area contributed by atoms with E-state index in [2.05, 4.69) is 19.2 Å². The van der Waals surface area contributed by atoms with Crippen LogP contribution in [0.25, 0.3) is 0 Å². The average Bonchev–Trinajstić information content (AvgIpc) is 2.78. The third-order valence-corrected chi connectivity index (χ3v) is 6.40. The molecule has 4 rings (SSSR count). The lowest BCUT2D eigenvalue weighted by Crippen LogP contribution is -2.38. The highest BCUT2D eigenvalue weighted by Gasteiger charge is 2.43. The van der Waals surface area contributed by atoms with Crippen LogP contribution in [0, 0.1) is 5.41 Å². The molecule has 35 heavy (non-hydrogen) atoms. The SMILES string of the molecule is CC(=O)Oc1ccc(C2C(C(=O)OCCc3ccccc3)=C(C)NC3=C2C(=O)CC(C)(C)C3)cc1. The fraction of sp³-hybridized carbons (Fsp3) is 0.345. The number of allylic oxidation sites excluding steroid dienone is 3. The Morgan fingerprint density at radius 1 is 1.03 bits per heavy atom. The zero-order valence-electron chi connectivity index (χ0n) is 20.6. The molecule has 0 saturated carbocycles. The van der Waals surface area contributed by atoms with E-state index < -0.39 is 17.9 Å². The monoisotopic (exact) mass is 473 g/mol. The molecule has 6 nitrogen and oxygen atoms in total. The molecule has 0 saturated heterocycles. The van der Waals surface area contributed by atoms with E-state index >= 15 is 0 Å². The summed E-state index contributed by atoms with van der Waals surface area (Å²) in [7, 11) is 0. The molecule has 1 atom stereocenters. The molecular formula is C29H31NO5. The largest absolute Gasteiger partial charge is 0.462 e. The van der Waals surface area contributed by atoms with Gasteiger partial charge in [0.15, 0.2) is 5.78 Å². The van der Waals surface area contributed by atoms with Gasteiger partial charge < -0.3 is 14.8 Å². The Labute approximate surface area is 206 Å². The van der Waals surface area contributed by atoms with E-state index in [1.165, 1.54) is 6.92 Å². The topological polar surface area (TPSA) is 81.7 Å². The van der Waals surface area contributed by atoms with Crippen molar-refractivity contribution in [1.82, 2.24) is 5.32 Å². The number of esters is 2. The Kier molecular flexibility index (Phi) is 6.92. The molecule has 1 aliphatic heterocycles. The van der Waals surface area contributed by atoms with Crippen molar-refractivity contribution in [3.8, 4) is 5.75 Å². The number of carbonyl (C=O) groups excluding carboxylic acids is 3. The summed E-state index contributed by atoms with van der Waals surface area (Å²) < 4.78 is 10.9. The second-order valence-electron chi connectivity index (χ2n) is 9.96. The number of benzene rings is 2. The normalized spacial score (nSPS) is 19.1. The van der Waals surface area contributed by atoms with Gasteiger partial charge in [-0.2, -0.15) is 0 Å². The number of hydrogen-bond donors (Lipinski definition) is 1. The lowest BCUT2D eigenvalue weighted by atomic mass is 9.68. The highest BCUT2D eigenvalue weighted by molar-refractivity contribution is 6.04. The number of ketones is 1. The maximum Gasteiger partial charge on any atom is 0.336 e. The Hall–Kier alpha value is -3.67. The van der Waals surface area contributed by atoms with Crippen LogP contribution in [0.2, 0.25) is 0 Å². The van der Waals surface area contributed by atoms with Crippen LogP contribution >= 0.6 is 0 Å². The summed E-state index contributed by atoms with van der Waals surface area (Å²) in [6, 6.07) is 16.8. The van der Waals surface area contributed by atoms with E-state index in [1.54, 1.807) is 24.3 Å². The lowest BCUT2D eigenvalue weighted by molar-refractivity contribution is -0.139. The molecule has 1 N–H and O–H groups in total. The van der Waals surface area contributed by atoms with Crippen LogP contribution in [0.4, 0.5) is 0 Å². The van der Waals surface area contributed by atoms with Crippen LogP contribution in [-0.4, -0.2) is 24.3 Å². The third kappa shape index (κ3) is 5.53. The first-order valence-corrected chi connectivity index (χ1v) is 11.9. The van der Waals surface area contributed by atoms with Crippen LogP contribution in [0.15, 0.2) is 77.1 Å². The smallest absolute Gasteiger partial charge is 0.336 e. The van der Waals surface area contributed by atoms with Crippen LogP contribution in [0.1, 0.15) is 57.6 Å². The molecule has 6 heteroatoms. The summed E-state index contributed by atoms with van der Waals surface area (Å²) in [6.07, 6.45) is 1.73. The van der Waals surface area contributed by atoms with E-state index in [0.717, 1.165) is 16.8 Å². The van der Waals surface area contributed by atoms with Crippen LogP contribution in [0.3, 0.4) is 0 Å². The molecule has 182 valence electrons. The first kappa shape index (κ1) is 24.5. The third-order valence-electron chi connectivity index (χ3n) is 6.40. The van der Waals surface area contributed by atoms with Crippen LogP contribution < -0.4 is 10.1 Å². The molecule has 2 aromatic carbocycles. The van der Waals surface area contributed by atoms with Gasteiger partial charge in [0.1, 0.15) is 5.75 Å².